The molecule has 2 aromatic carbocycles. The maximum atomic E-state index is 17.8. The number of piperidine rings is 1. The molecule has 0 aliphatic carbocycles. The highest BCUT2D eigenvalue weighted by Gasteiger charge is 2.59. The van der Waals surface area contributed by atoms with Gasteiger partial charge in [-0.2, -0.15) is 13.2 Å². The summed E-state index contributed by atoms with van der Waals surface area (Å²) in [5, 5.41) is 0. The van der Waals surface area contributed by atoms with Crippen LogP contribution in [-0.2, 0) is 20.5 Å². The minimum Gasteiger partial charge on any atom is -0.497 e. The Labute approximate surface area is 278 Å². The molecule has 2 amide bonds. The van der Waals surface area contributed by atoms with Crippen LogP contribution in [0.4, 0.5) is 23.2 Å². The Balaban J connectivity index is 1.22. The number of anilines is 1. The van der Waals surface area contributed by atoms with Crippen LogP contribution in [-0.4, -0.2) is 111 Å². The van der Waals surface area contributed by atoms with Gasteiger partial charge in [-0.1, -0.05) is 18.2 Å². The molecule has 2 aromatic rings. The summed E-state index contributed by atoms with van der Waals surface area (Å²) >= 11 is 0. The van der Waals surface area contributed by atoms with Gasteiger partial charge in [0.15, 0.2) is 0 Å². The van der Waals surface area contributed by atoms with Crippen molar-refractivity contribution in [2.75, 3.05) is 72.0 Å². The molecule has 0 saturated carbocycles. The number of hydrogen-bond acceptors (Lipinski definition) is 6. The summed E-state index contributed by atoms with van der Waals surface area (Å²) in [5.74, 6) is -1.30. The predicted octanol–water partition coefficient (Wildman–Crippen LogP) is 4.93. The van der Waals surface area contributed by atoms with Gasteiger partial charge in [-0.3, -0.25) is 14.5 Å². The Hall–Kier alpha value is -3.38. The summed E-state index contributed by atoms with van der Waals surface area (Å²) in [6, 6.07) is 11.0. The van der Waals surface area contributed by atoms with Crippen LogP contribution in [0.2, 0.25) is 0 Å². The molecule has 8 nitrogen and oxygen atoms in total. The topological polar surface area (TPSA) is 65.6 Å². The number of fused-ring (bicyclic) bond motifs is 6. The molecule has 4 saturated heterocycles. The van der Waals surface area contributed by atoms with E-state index in [1.807, 2.05) is 17.0 Å². The fourth-order valence-electron chi connectivity index (χ4n) is 9.15. The number of nitrogens with zero attached hydrogens (tertiary/aromatic N) is 4. The number of methoxy groups -OCH3 is 1. The molecule has 48 heavy (non-hydrogen) atoms. The van der Waals surface area contributed by atoms with E-state index in [0.717, 1.165) is 30.0 Å². The number of hydrogen-bond donors (Lipinski definition) is 0. The molecular formula is C36H44F4N4O4. The first kappa shape index (κ1) is 33.1. The summed E-state index contributed by atoms with van der Waals surface area (Å²) in [6.45, 7) is 2.51. The maximum Gasteiger partial charge on any atom is 0.416 e. The van der Waals surface area contributed by atoms with Gasteiger partial charge in [-0.15, -0.1) is 0 Å². The van der Waals surface area contributed by atoms with E-state index < -0.39 is 29.2 Å². The van der Waals surface area contributed by atoms with Crippen LogP contribution in [0.25, 0.3) is 0 Å². The molecule has 5 aliphatic heterocycles. The first-order valence-electron chi connectivity index (χ1n) is 17.0. The molecule has 0 bridgehead atoms. The number of benzene rings is 2. The molecule has 6 atom stereocenters. The molecule has 260 valence electrons. The van der Waals surface area contributed by atoms with E-state index in [4.69, 9.17) is 9.47 Å². The van der Waals surface area contributed by atoms with Crippen LogP contribution in [0, 0.1) is 11.8 Å². The number of carbonyl (C=O) groups excluding carboxylic acids is 2. The Morgan fingerprint density at radius 3 is 2.40 bits per heavy atom. The normalized spacial score (nSPS) is 30.9. The standard InChI is InChI=1S/C36H44F4N4O4/c1-41(2)33(45)23-10-13-44-31(16-23)29-19-42(18-28(29)27-9-6-24(17-32(27)44)36(38,39)40)34(46)35(37)21-43(25-11-14-48-15-12-25)20-30(35)22-4-7-26(47-3)8-5-22/h4-9,17,23,25,28-31H,10-16,18-21H2,1-3H3/t23?,28-,29+,30+,31?,35+/m1/s1. The molecular weight excluding hydrogens is 628 g/mol. The summed E-state index contributed by atoms with van der Waals surface area (Å²) < 4.78 is 70.3. The highest BCUT2D eigenvalue weighted by molar-refractivity contribution is 5.88. The third-order valence-electron chi connectivity index (χ3n) is 11.6. The van der Waals surface area contributed by atoms with Crippen molar-refractivity contribution in [3.05, 3.63) is 59.2 Å². The zero-order valence-corrected chi connectivity index (χ0v) is 27.7. The van der Waals surface area contributed by atoms with Crippen molar-refractivity contribution in [2.45, 2.75) is 61.4 Å². The largest absolute Gasteiger partial charge is 0.497 e. The second kappa shape index (κ2) is 12.5. The van der Waals surface area contributed by atoms with Gasteiger partial charge < -0.3 is 24.2 Å². The van der Waals surface area contributed by atoms with Crippen LogP contribution in [0.3, 0.4) is 0 Å². The fourth-order valence-corrected chi connectivity index (χ4v) is 9.15. The number of carbonyl (C=O) groups is 2. The fraction of sp³-hybridized carbons (Fsp3) is 0.611. The van der Waals surface area contributed by atoms with Gasteiger partial charge in [0, 0.05) is 101 Å². The quantitative estimate of drug-likeness (QED) is 0.420. The first-order valence-corrected chi connectivity index (χ1v) is 17.0. The van der Waals surface area contributed by atoms with Crippen molar-refractivity contribution in [3.63, 3.8) is 0 Å². The van der Waals surface area contributed by atoms with Crippen LogP contribution in [0.5, 0.6) is 5.75 Å². The lowest BCUT2D eigenvalue weighted by Gasteiger charge is -2.49. The summed E-state index contributed by atoms with van der Waals surface area (Å²) in [7, 11) is 5.00. The van der Waals surface area contributed by atoms with Crippen molar-refractivity contribution in [1.29, 1.82) is 0 Å². The van der Waals surface area contributed by atoms with Crippen molar-refractivity contribution < 1.29 is 36.6 Å². The molecule has 5 heterocycles. The summed E-state index contributed by atoms with van der Waals surface area (Å²) in [4.78, 5) is 35.0. The van der Waals surface area contributed by atoms with Crippen LogP contribution < -0.4 is 9.64 Å². The molecule has 2 unspecified atom stereocenters. The summed E-state index contributed by atoms with van der Waals surface area (Å²) in [5.41, 5.74) is -0.920. The second-order valence-electron chi connectivity index (χ2n) is 14.4. The third kappa shape index (κ3) is 5.72. The first-order chi connectivity index (χ1) is 22.9. The highest BCUT2D eigenvalue weighted by atomic mass is 19.4. The molecule has 0 aromatic heterocycles. The van der Waals surface area contributed by atoms with E-state index in [-0.39, 0.29) is 55.4 Å². The van der Waals surface area contributed by atoms with Crippen molar-refractivity contribution in [3.8, 4) is 5.75 Å². The van der Waals surface area contributed by atoms with Gasteiger partial charge in [0.2, 0.25) is 11.6 Å². The Kier molecular flexibility index (Phi) is 8.63. The van der Waals surface area contributed by atoms with Crippen LogP contribution in [0.15, 0.2) is 42.5 Å². The average Bonchev–Trinajstić information content (AvgIpc) is 3.70. The van der Waals surface area contributed by atoms with E-state index in [2.05, 4.69) is 4.90 Å². The average molecular weight is 673 g/mol. The SMILES string of the molecule is COc1ccc([C@@H]2CN(C3CCOCC3)C[C@@]2(F)C(=O)N2C[C@@H]3c4ccc(C(F)(F)F)cc4N4CCC(C(=O)N(C)C)CC4[C@H]3C2)cc1. The Bertz CT molecular complexity index is 1530. The minimum absolute atomic E-state index is 0.00354. The van der Waals surface area contributed by atoms with Gasteiger partial charge in [0.25, 0.3) is 5.91 Å². The highest BCUT2D eigenvalue weighted by Crippen LogP contribution is 2.52. The number of ether oxygens (including phenoxy) is 2. The number of halogens is 4. The third-order valence-corrected chi connectivity index (χ3v) is 11.6. The smallest absolute Gasteiger partial charge is 0.416 e. The monoisotopic (exact) mass is 672 g/mol. The number of rotatable bonds is 5. The van der Waals surface area contributed by atoms with Gasteiger partial charge >= 0.3 is 6.18 Å². The number of likely N-dealkylation sites (tertiary alicyclic amines) is 2. The maximum absolute atomic E-state index is 17.8. The lowest BCUT2D eigenvalue weighted by Crippen LogP contribution is -2.54. The van der Waals surface area contributed by atoms with Gasteiger partial charge in [-0.05, 0) is 61.1 Å². The van der Waals surface area contributed by atoms with Gasteiger partial charge in [-0.25, -0.2) is 4.39 Å². The lowest BCUT2D eigenvalue weighted by atomic mass is 9.72. The van der Waals surface area contributed by atoms with Gasteiger partial charge in [0.1, 0.15) is 5.75 Å². The molecule has 0 N–H and O–H groups in total. The number of amides is 2. The van der Waals surface area contributed by atoms with Crippen LogP contribution in [0.1, 0.15) is 54.2 Å². The molecule has 7 rings (SSSR count). The Morgan fingerprint density at radius 1 is 1.00 bits per heavy atom. The molecule has 0 radical (unpaired) electrons. The van der Waals surface area contributed by atoms with Crippen molar-refractivity contribution in [1.82, 2.24) is 14.7 Å². The summed E-state index contributed by atoms with van der Waals surface area (Å²) in [6.07, 6.45) is -1.96. The molecule has 12 heteroatoms. The Morgan fingerprint density at radius 2 is 1.73 bits per heavy atom. The van der Waals surface area contributed by atoms with Gasteiger partial charge in [0.05, 0.1) is 12.7 Å². The minimum atomic E-state index is -4.51. The van der Waals surface area contributed by atoms with Crippen LogP contribution >= 0.6 is 0 Å². The number of alkyl halides is 4. The lowest BCUT2D eigenvalue weighted by molar-refractivity contribution is -0.143. The zero-order valence-electron chi connectivity index (χ0n) is 27.7. The van der Waals surface area contributed by atoms with Crippen molar-refractivity contribution >= 4 is 17.5 Å². The van der Waals surface area contributed by atoms with Crippen molar-refractivity contribution in [2.24, 2.45) is 11.8 Å². The van der Waals surface area contributed by atoms with E-state index in [1.165, 1.54) is 6.07 Å². The molecule has 4 fully saturated rings. The molecule has 0 spiro atoms. The van der Waals surface area contributed by atoms with E-state index in [0.29, 0.717) is 50.6 Å². The van der Waals surface area contributed by atoms with E-state index in [1.54, 1.807) is 49.2 Å². The van der Waals surface area contributed by atoms with E-state index in [9.17, 15) is 22.8 Å². The second-order valence-corrected chi connectivity index (χ2v) is 14.4. The van der Waals surface area contributed by atoms with E-state index >= 15 is 4.39 Å². The predicted molar refractivity (Wildman–Crippen MR) is 172 cm³/mol. The zero-order chi connectivity index (χ0) is 34.0. The molecule has 5 aliphatic rings.